The van der Waals surface area contributed by atoms with Crippen molar-refractivity contribution >= 4 is 67.1 Å². The molecular weight excluding hydrogens is 553 g/mol. The van der Waals surface area contributed by atoms with Crippen LogP contribution in [0.2, 0.25) is 10.0 Å². The van der Waals surface area contributed by atoms with Crippen molar-refractivity contribution in [3.05, 3.63) is 81.8 Å². The zero-order valence-corrected chi connectivity index (χ0v) is 22.4. The maximum absolute atomic E-state index is 13.2. The minimum atomic E-state index is -4.57. The van der Waals surface area contributed by atoms with Crippen molar-refractivity contribution in [1.29, 1.82) is 0 Å². The number of hydrogen-bond donors (Lipinski definition) is 3. The van der Waals surface area contributed by atoms with Gasteiger partial charge in [0.15, 0.2) is 5.75 Å². The Morgan fingerprint density at radius 3 is 2.50 bits per heavy atom. The van der Waals surface area contributed by atoms with Crippen LogP contribution < -0.4 is 10.1 Å². The Hall–Kier alpha value is -3.70. The van der Waals surface area contributed by atoms with Crippen molar-refractivity contribution < 1.29 is 27.6 Å². The van der Waals surface area contributed by atoms with Crippen molar-refractivity contribution in [1.82, 2.24) is 0 Å². The molecule has 38 heavy (non-hydrogen) atoms. The first-order valence-electron chi connectivity index (χ1n) is 11.2. The smallest absolute Gasteiger partial charge is 0.294 e. The average molecular weight is 574 g/mol. The second-order valence-corrected chi connectivity index (χ2v) is 10.3. The van der Waals surface area contributed by atoms with E-state index < -0.39 is 26.7 Å². The molecule has 4 aromatic rings. The number of rotatable bonds is 7. The predicted octanol–water partition coefficient (Wildman–Crippen LogP) is 7.47. The summed E-state index contributed by atoms with van der Waals surface area (Å²) in [6.07, 6.45) is 0. The summed E-state index contributed by atoms with van der Waals surface area (Å²) in [6.45, 7) is 3.61. The van der Waals surface area contributed by atoms with Gasteiger partial charge in [0.1, 0.15) is 21.4 Å². The molecule has 4 aromatic carbocycles. The van der Waals surface area contributed by atoms with Gasteiger partial charge in [0.25, 0.3) is 16.0 Å². The van der Waals surface area contributed by atoms with E-state index in [-0.39, 0.29) is 38.2 Å². The van der Waals surface area contributed by atoms with E-state index in [2.05, 4.69) is 15.5 Å². The van der Waals surface area contributed by atoms with Crippen LogP contribution in [0.5, 0.6) is 11.5 Å². The highest BCUT2D eigenvalue weighted by molar-refractivity contribution is 7.85. The van der Waals surface area contributed by atoms with Gasteiger partial charge in [-0.25, -0.2) is 0 Å². The molecule has 0 spiro atoms. The van der Waals surface area contributed by atoms with Crippen LogP contribution in [0.15, 0.2) is 75.8 Å². The number of amides is 1. The molecule has 4 rings (SSSR count). The molecule has 0 bridgehead atoms. The van der Waals surface area contributed by atoms with Crippen LogP contribution in [0.4, 0.5) is 17.1 Å². The number of ether oxygens (including phenoxy) is 1. The second kappa shape index (κ2) is 11.0. The van der Waals surface area contributed by atoms with E-state index in [9.17, 15) is 22.9 Å². The number of carbonyl (C=O) groups is 1. The fourth-order valence-electron chi connectivity index (χ4n) is 3.77. The minimum Gasteiger partial charge on any atom is -0.505 e. The number of hydrogen-bond acceptors (Lipinski definition) is 7. The Kier molecular flexibility index (Phi) is 7.89. The Morgan fingerprint density at radius 2 is 1.79 bits per heavy atom. The van der Waals surface area contributed by atoms with Crippen LogP contribution >= 0.6 is 23.2 Å². The van der Waals surface area contributed by atoms with Crippen molar-refractivity contribution in [3.8, 4) is 11.5 Å². The van der Waals surface area contributed by atoms with E-state index in [0.717, 1.165) is 6.07 Å². The molecule has 0 aliphatic rings. The Labute approximate surface area is 228 Å². The molecule has 0 fully saturated rings. The number of halogens is 2. The molecule has 0 aliphatic heterocycles. The van der Waals surface area contributed by atoms with E-state index in [4.69, 9.17) is 27.9 Å². The summed E-state index contributed by atoms with van der Waals surface area (Å²) in [5.74, 6) is -0.727. The SMILES string of the molecule is CCOc1cccc(NC(=O)c2cc3ccccc3c(N=Nc3cc(Cl)cc(S(=O)(=O)O)c3C)c2O)c1Cl. The number of anilines is 1. The minimum absolute atomic E-state index is 0.00513. The van der Waals surface area contributed by atoms with Gasteiger partial charge in [0, 0.05) is 10.4 Å². The zero-order chi connectivity index (χ0) is 27.6. The summed E-state index contributed by atoms with van der Waals surface area (Å²) in [4.78, 5) is 12.8. The second-order valence-electron chi connectivity index (χ2n) is 8.07. The maximum Gasteiger partial charge on any atom is 0.294 e. The molecule has 0 saturated carbocycles. The lowest BCUT2D eigenvalue weighted by molar-refractivity contribution is 0.102. The van der Waals surface area contributed by atoms with Gasteiger partial charge in [-0.2, -0.15) is 13.5 Å². The number of carbonyl (C=O) groups excluding carboxylic acids is 1. The highest BCUT2D eigenvalue weighted by atomic mass is 35.5. The average Bonchev–Trinajstić information content (AvgIpc) is 2.86. The number of nitrogens with zero attached hydrogens (tertiary/aromatic N) is 2. The van der Waals surface area contributed by atoms with Crippen LogP contribution in [-0.4, -0.2) is 30.6 Å². The van der Waals surface area contributed by atoms with Gasteiger partial charge in [-0.1, -0.05) is 53.5 Å². The quantitative estimate of drug-likeness (QED) is 0.155. The third-order valence-electron chi connectivity index (χ3n) is 5.58. The topological polar surface area (TPSA) is 138 Å². The third-order valence-corrected chi connectivity index (χ3v) is 7.17. The lowest BCUT2D eigenvalue weighted by atomic mass is 10.0. The Bertz CT molecular complexity index is 1710. The van der Waals surface area contributed by atoms with Gasteiger partial charge in [-0.05, 0) is 55.1 Å². The summed E-state index contributed by atoms with van der Waals surface area (Å²) in [7, 11) is -4.57. The zero-order valence-electron chi connectivity index (χ0n) is 20.1. The summed E-state index contributed by atoms with van der Waals surface area (Å²) >= 11 is 12.4. The number of aromatic hydroxyl groups is 1. The molecule has 0 radical (unpaired) electrons. The van der Waals surface area contributed by atoms with E-state index >= 15 is 0 Å². The molecule has 0 aliphatic carbocycles. The van der Waals surface area contributed by atoms with Crippen LogP contribution in [-0.2, 0) is 10.1 Å². The molecule has 3 N–H and O–H groups in total. The molecule has 0 atom stereocenters. The van der Waals surface area contributed by atoms with Gasteiger partial charge in [0.2, 0.25) is 0 Å². The number of benzene rings is 4. The number of phenolic OH excluding ortho intramolecular Hbond substituents is 1. The van der Waals surface area contributed by atoms with Gasteiger partial charge < -0.3 is 15.2 Å². The van der Waals surface area contributed by atoms with Crippen LogP contribution in [0.3, 0.4) is 0 Å². The van der Waals surface area contributed by atoms with E-state index in [0.29, 0.717) is 23.1 Å². The molecule has 0 unspecified atom stereocenters. The van der Waals surface area contributed by atoms with Crippen molar-refractivity contribution in [2.45, 2.75) is 18.7 Å². The molecule has 0 aromatic heterocycles. The molecule has 196 valence electrons. The summed E-state index contributed by atoms with van der Waals surface area (Å²) in [5.41, 5.74) is 0.294. The number of fused-ring (bicyclic) bond motifs is 1. The van der Waals surface area contributed by atoms with Gasteiger partial charge in [-0.3, -0.25) is 9.35 Å². The van der Waals surface area contributed by atoms with Crippen LogP contribution in [0.1, 0.15) is 22.8 Å². The Morgan fingerprint density at radius 1 is 1.05 bits per heavy atom. The highest BCUT2D eigenvalue weighted by Gasteiger charge is 2.21. The fourth-order valence-corrected chi connectivity index (χ4v) is 5.04. The molecule has 0 saturated heterocycles. The largest absolute Gasteiger partial charge is 0.505 e. The molecule has 0 heterocycles. The lowest BCUT2D eigenvalue weighted by Crippen LogP contribution is -2.13. The summed E-state index contributed by atoms with van der Waals surface area (Å²) in [5, 5.41) is 23.3. The van der Waals surface area contributed by atoms with Crippen LogP contribution in [0.25, 0.3) is 10.8 Å². The van der Waals surface area contributed by atoms with E-state index in [1.54, 1.807) is 49.4 Å². The van der Waals surface area contributed by atoms with Crippen molar-refractivity contribution in [2.24, 2.45) is 10.2 Å². The summed E-state index contributed by atoms with van der Waals surface area (Å²) in [6, 6.07) is 15.8. The molecule has 9 nitrogen and oxygen atoms in total. The maximum atomic E-state index is 13.2. The third kappa shape index (κ3) is 5.58. The monoisotopic (exact) mass is 573 g/mol. The standard InChI is InChI=1S/C26H21Cl2N3O6S/c1-3-37-21-10-6-9-19(23(21)28)29-26(33)18-11-15-7-4-5-8-17(15)24(25(18)32)31-30-20-12-16(27)13-22(14(20)2)38(34,35)36/h4-13,32H,3H2,1-2H3,(H,29,33)(H,34,35,36). The molecular formula is C26H21Cl2N3O6S. The van der Waals surface area contributed by atoms with Gasteiger partial charge in [0.05, 0.1) is 23.5 Å². The first-order chi connectivity index (χ1) is 18.0. The number of azo groups is 1. The van der Waals surface area contributed by atoms with Gasteiger partial charge in [-0.15, -0.1) is 5.11 Å². The number of phenols is 1. The molecule has 12 heteroatoms. The van der Waals surface area contributed by atoms with Crippen molar-refractivity contribution in [3.63, 3.8) is 0 Å². The van der Waals surface area contributed by atoms with E-state index in [1.165, 1.54) is 19.1 Å². The Balaban J connectivity index is 1.80. The van der Waals surface area contributed by atoms with Gasteiger partial charge >= 0.3 is 0 Å². The first-order valence-corrected chi connectivity index (χ1v) is 13.4. The number of nitrogens with one attached hydrogen (secondary N) is 1. The fraction of sp³-hybridized carbons (Fsp3) is 0.115. The normalized spacial score (nSPS) is 11.7. The predicted molar refractivity (Wildman–Crippen MR) is 146 cm³/mol. The van der Waals surface area contributed by atoms with Crippen LogP contribution in [0, 0.1) is 6.92 Å². The first kappa shape index (κ1) is 27.3. The highest BCUT2D eigenvalue weighted by Crippen LogP contribution is 2.41. The van der Waals surface area contributed by atoms with Crippen molar-refractivity contribution in [2.75, 3.05) is 11.9 Å². The lowest BCUT2D eigenvalue weighted by Gasteiger charge is -2.13. The molecule has 1 amide bonds. The summed E-state index contributed by atoms with van der Waals surface area (Å²) < 4.78 is 38.4. The van der Waals surface area contributed by atoms with E-state index in [1.807, 2.05) is 0 Å².